The molecule has 0 aliphatic heterocycles. The second-order valence-electron chi connectivity index (χ2n) is 5.80. The number of aryl methyl sites for hydroxylation is 2. The maximum atomic E-state index is 6.25. The van der Waals surface area contributed by atoms with Crippen molar-refractivity contribution in [1.29, 1.82) is 0 Å². The molecule has 0 N–H and O–H groups in total. The standard InChI is InChI=1S/C19H16ClNO/c1-12-5-10-18-16(11-12)19(15-3-2-4-17(15)21-18)22-14-8-6-13(20)7-9-14/h5-11H,2-4H2,1H3. The molecule has 1 aromatic heterocycles. The van der Waals surface area contributed by atoms with Gasteiger partial charge in [0.15, 0.2) is 0 Å². The summed E-state index contributed by atoms with van der Waals surface area (Å²) in [5.41, 5.74) is 4.66. The van der Waals surface area contributed by atoms with E-state index in [9.17, 15) is 0 Å². The number of aromatic nitrogens is 1. The Morgan fingerprint density at radius 1 is 1.05 bits per heavy atom. The minimum Gasteiger partial charge on any atom is -0.456 e. The number of pyridine rings is 1. The topological polar surface area (TPSA) is 22.1 Å². The first kappa shape index (κ1) is 13.6. The number of rotatable bonds is 2. The van der Waals surface area contributed by atoms with Gasteiger partial charge in [-0.3, -0.25) is 4.98 Å². The lowest BCUT2D eigenvalue weighted by atomic mass is 10.1. The fourth-order valence-electron chi connectivity index (χ4n) is 3.07. The van der Waals surface area contributed by atoms with Gasteiger partial charge in [0.25, 0.3) is 0 Å². The Morgan fingerprint density at radius 3 is 2.68 bits per heavy atom. The van der Waals surface area contributed by atoms with Crippen LogP contribution in [-0.4, -0.2) is 4.98 Å². The molecule has 1 heterocycles. The van der Waals surface area contributed by atoms with Gasteiger partial charge in [0.2, 0.25) is 0 Å². The van der Waals surface area contributed by atoms with E-state index in [1.54, 1.807) is 0 Å². The predicted octanol–water partition coefficient (Wildman–Crippen LogP) is 5.48. The Bertz CT molecular complexity index is 855. The van der Waals surface area contributed by atoms with Gasteiger partial charge in [-0.15, -0.1) is 0 Å². The molecule has 0 amide bonds. The van der Waals surface area contributed by atoms with Gasteiger partial charge in [0.05, 0.1) is 5.52 Å². The van der Waals surface area contributed by atoms with Crippen LogP contribution in [0.4, 0.5) is 0 Å². The summed E-state index contributed by atoms with van der Waals surface area (Å²) < 4.78 is 6.25. The summed E-state index contributed by atoms with van der Waals surface area (Å²) in [5, 5.41) is 1.81. The minimum atomic E-state index is 0.716. The zero-order valence-corrected chi connectivity index (χ0v) is 13.2. The van der Waals surface area contributed by atoms with Crippen molar-refractivity contribution >= 4 is 22.5 Å². The Morgan fingerprint density at radius 2 is 1.86 bits per heavy atom. The molecule has 0 radical (unpaired) electrons. The highest BCUT2D eigenvalue weighted by molar-refractivity contribution is 6.30. The van der Waals surface area contributed by atoms with Gasteiger partial charge in [-0.2, -0.15) is 0 Å². The van der Waals surface area contributed by atoms with E-state index >= 15 is 0 Å². The average Bonchev–Trinajstić information content (AvgIpc) is 2.98. The Balaban J connectivity index is 1.90. The Hall–Kier alpha value is -2.06. The summed E-state index contributed by atoms with van der Waals surface area (Å²) in [5.74, 6) is 1.77. The molecule has 0 atom stereocenters. The smallest absolute Gasteiger partial charge is 0.141 e. The van der Waals surface area contributed by atoms with Crippen molar-refractivity contribution in [2.24, 2.45) is 0 Å². The molecule has 3 heteroatoms. The van der Waals surface area contributed by atoms with E-state index in [0.717, 1.165) is 41.7 Å². The molecular weight excluding hydrogens is 294 g/mol. The monoisotopic (exact) mass is 309 g/mol. The van der Waals surface area contributed by atoms with Crippen LogP contribution in [0.5, 0.6) is 11.5 Å². The van der Waals surface area contributed by atoms with Crippen molar-refractivity contribution in [1.82, 2.24) is 4.98 Å². The molecule has 0 saturated carbocycles. The molecule has 0 bridgehead atoms. The first-order chi connectivity index (χ1) is 10.7. The number of halogens is 1. The number of hydrogen-bond donors (Lipinski definition) is 0. The Kier molecular flexibility index (Phi) is 3.27. The summed E-state index contributed by atoms with van der Waals surface area (Å²) in [4.78, 5) is 4.81. The highest BCUT2D eigenvalue weighted by Crippen LogP contribution is 2.39. The van der Waals surface area contributed by atoms with Crippen molar-refractivity contribution < 1.29 is 4.74 Å². The van der Waals surface area contributed by atoms with Crippen molar-refractivity contribution in [3.63, 3.8) is 0 Å². The maximum absolute atomic E-state index is 6.25. The predicted molar refractivity (Wildman–Crippen MR) is 90.0 cm³/mol. The highest BCUT2D eigenvalue weighted by Gasteiger charge is 2.21. The quantitative estimate of drug-likeness (QED) is 0.625. The van der Waals surface area contributed by atoms with E-state index in [4.69, 9.17) is 21.3 Å². The van der Waals surface area contributed by atoms with Gasteiger partial charge in [-0.25, -0.2) is 0 Å². The van der Waals surface area contributed by atoms with E-state index in [1.165, 1.54) is 16.8 Å². The van der Waals surface area contributed by atoms with Crippen LogP contribution in [0.1, 0.15) is 23.2 Å². The van der Waals surface area contributed by atoms with Crippen molar-refractivity contribution in [2.75, 3.05) is 0 Å². The summed E-state index contributed by atoms with van der Waals surface area (Å²) in [6.07, 6.45) is 3.22. The average molecular weight is 310 g/mol. The first-order valence-electron chi connectivity index (χ1n) is 7.56. The molecule has 2 aromatic carbocycles. The van der Waals surface area contributed by atoms with Crippen LogP contribution in [-0.2, 0) is 12.8 Å². The first-order valence-corrected chi connectivity index (χ1v) is 7.94. The molecular formula is C19H16ClNO. The number of benzene rings is 2. The van der Waals surface area contributed by atoms with Crippen LogP contribution in [0.25, 0.3) is 10.9 Å². The van der Waals surface area contributed by atoms with Gasteiger partial charge in [-0.1, -0.05) is 23.2 Å². The number of fused-ring (bicyclic) bond motifs is 2. The van der Waals surface area contributed by atoms with E-state index in [2.05, 4.69) is 25.1 Å². The molecule has 1 aliphatic rings. The van der Waals surface area contributed by atoms with Crippen LogP contribution in [0.3, 0.4) is 0 Å². The van der Waals surface area contributed by atoms with E-state index in [0.29, 0.717) is 5.02 Å². The Labute approximate surface area is 134 Å². The molecule has 0 unspecified atom stereocenters. The lowest BCUT2D eigenvalue weighted by Gasteiger charge is -2.14. The SMILES string of the molecule is Cc1ccc2nc3c(c(Oc4ccc(Cl)cc4)c2c1)CCC3. The molecule has 110 valence electrons. The molecule has 22 heavy (non-hydrogen) atoms. The normalized spacial score (nSPS) is 13.4. The zero-order chi connectivity index (χ0) is 15.1. The molecule has 0 spiro atoms. The van der Waals surface area contributed by atoms with Gasteiger partial charge in [-0.05, 0) is 62.6 Å². The van der Waals surface area contributed by atoms with E-state index in [1.807, 2.05) is 24.3 Å². The fourth-order valence-corrected chi connectivity index (χ4v) is 3.20. The third-order valence-corrected chi connectivity index (χ3v) is 4.40. The number of nitrogens with zero attached hydrogens (tertiary/aromatic N) is 1. The number of hydrogen-bond acceptors (Lipinski definition) is 2. The van der Waals surface area contributed by atoms with Gasteiger partial charge in [0, 0.05) is 21.7 Å². The van der Waals surface area contributed by atoms with Crippen molar-refractivity contribution in [3.05, 3.63) is 64.3 Å². The fraction of sp³-hybridized carbons (Fsp3) is 0.211. The molecule has 3 aromatic rings. The second kappa shape index (κ2) is 5.29. The third kappa shape index (κ3) is 2.34. The van der Waals surface area contributed by atoms with Crippen LogP contribution in [0, 0.1) is 6.92 Å². The molecule has 2 nitrogen and oxygen atoms in total. The van der Waals surface area contributed by atoms with Crippen molar-refractivity contribution in [3.8, 4) is 11.5 Å². The zero-order valence-electron chi connectivity index (χ0n) is 12.4. The summed E-state index contributed by atoms with van der Waals surface area (Å²) in [6, 6.07) is 13.9. The molecule has 4 rings (SSSR count). The van der Waals surface area contributed by atoms with E-state index in [-0.39, 0.29) is 0 Å². The second-order valence-corrected chi connectivity index (χ2v) is 6.23. The van der Waals surface area contributed by atoms with Crippen LogP contribution < -0.4 is 4.74 Å². The lowest BCUT2D eigenvalue weighted by molar-refractivity contribution is 0.482. The third-order valence-electron chi connectivity index (χ3n) is 4.15. The summed E-state index contributed by atoms with van der Waals surface area (Å²) in [6.45, 7) is 2.10. The van der Waals surface area contributed by atoms with Gasteiger partial charge < -0.3 is 4.74 Å². The maximum Gasteiger partial charge on any atom is 0.141 e. The van der Waals surface area contributed by atoms with Gasteiger partial charge in [0.1, 0.15) is 11.5 Å². The van der Waals surface area contributed by atoms with Crippen LogP contribution in [0.2, 0.25) is 5.02 Å². The summed E-state index contributed by atoms with van der Waals surface area (Å²) >= 11 is 5.96. The molecule has 0 fully saturated rings. The molecule has 1 aliphatic carbocycles. The summed E-state index contributed by atoms with van der Waals surface area (Å²) in [7, 11) is 0. The highest BCUT2D eigenvalue weighted by atomic mass is 35.5. The molecule has 0 saturated heterocycles. The van der Waals surface area contributed by atoms with Crippen LogP contribution in [0.15, 0.2) is 42.5 Å². The lowest BCUT2D eigenvalue weighted by Crippen LogP contribution is -1.96. The van der Waals surface area contributed by atoms with Crippen LogP contribution >= 0.6 is 11.6 Å². The van der Waals surface area contributed by atoms with Crippen molar-refractivity contribution in [2.45, 2.75) is 26.2 Å². The van der Waals surface area contributed by atoms with E-state index < -0.39 is 0 Å². The minimum absolute atomic E-state index is 0.716. The van der Waals surface area contributed by atoms with Gasteiger partial charge >= 0.3 is 0 Å². The number of ether oxygens (including phenoxy) is 1. The largest absolute Gasteiger partial charge is 0.456 e.